The van der Waals surface area contributed by atoms with Crippen LogP contribution in [0.1, 0.15) is 50.2 Å². The van der Waals surface area contributed by atoms with Crippen LogP contribution in [0.25, 0.3) is 0 Å². The summed E-state index contributed by atoms with van der Waals surface area (Å²) in [5.74, 6) is -1.07. The topological polar surface area (TPSA) is 77.9 Å². The molecule has 1 unspecified atom stereocenters. The lowest BCUT2D eigenvalue weighted by molar-refractivity contribution is -0.145. The summed E-state index contributed by atoms with van der Waals surface area (Å²) in [6.07, 6.45) is 4.39. The van der Waals surface area contributed by atoms with E-state index in [1.54, 1.807) is 0 Å². The smallest absolute Gasteiger partial charge is 0.323 e. The molecule has 1 aliphatic heterocycles. The van der Waals surface area contributed by atoms with E-state index in [9.17, 15) is 14.4 Å². The number of amides is 2. The van der Waals surface area contributed by atoms with Crippen molar-refractivity contribution in [3.63, 3.8) is 0 Å². The van der Waals surface area contributed by atoms with Crippen molar-refractivity contribution < 1.29 is 19.5 Å². The highest BCUT2D eigenvalue weighted by Crippen LogP contribution is 2.18. The van der Waals surface area contributed by atoms with Crippen LogP contribution in [0.4, 0.5) is 0 Å². The monoisotopic (exact) mass is 374 g/mol. The summed E-state index contributed by atoms with van der Waals surface area (Å²) in [6.45, 7) is 4.45. The number of aryl methyl sites for hydroxylation is 2. The Morgan fingerprint density at radius 2 is 1.85 bits per heavy atom. The van der Waals surface area contributed by atoms with Crippen molar-refractivity contribution in [2.45, 2.75) is 58.4 Å². The molecule has 2 rings (SSSR count). The molecule has 2 amide bonds. The zero-order valence-electron chi connectivity index (χ0n) is 16.3. The van der Waals surface area contributed by atoms with Crippen molar-refractivity contribution in [3.05, 3.63) is 35.4 Å². The Morgan fingerprint density at radius 3 is 2.48 bits per heavy atom. The fourth-order valence-electron chi connectivity index (χ4n) is 3.64. The molecule has 1 aromatic rings. The molecule has 0 saturated carbocycles. The highest BCUT2D eigenvalue weighted by Gasteiger charge is 2.27. The summed E-state index contributed by atoms with van der Waals surface area (Å²) in [5, 5.41) is 9.02. The van der Waals surface area contributed by atoms with E-state index in [1.165, 1.54) is 23.0 Å². The Hall–Kier alpha value is -2.37. The third-order valence-corrected chi connectivity index (χ3v) is 5.18. The summed E-state index contributed by atoms with van der Waals surface area (Å²) < 4.78 is 0. The summed E-state index contributed by atoms with van der Waals surface area (Å²) in [5.41, 5.74) is 2.48. The second-order valence-electron chi connectivity index (χ2n) is 7.35. The molecule has 1 heterocycles. The molecule has 1 N–H and O–H groups in total. The Balaban J connectivity index is 1.81. The molecule has 6 heteroatoms. The molecule has 1 atom stereocenters. The lowest BCUT2D eigenvalue weighted by atomic mass is 10.1. The summed E-state index contributed by atoms with van der Waals surface area (Å²) in [6, 6.07) is 8.28. The van der Waals surface area contributed by atoms with Gasteiger partial charge in [0.25, 0.3) is 0 Å². The van der Waals surface area contributed by atoms with Crippen molar-refractivity contribution in [2.75, 3.05) is 19.6 Å². The van der Waals surface area contributed by atoms with Crippen molar-refractivity contribution in [3.8, 4) is 0 Å². The first-order valence-corrected chi connectivity index (χ1v) is 9.69. The van der Waals surface area contributed by atoms with Gasteiger partial charge < -0.3 is 14.9 Å². The van der Waals surface area contributed by atoms with E-state index in [-0.39, 0.29) is 24.4 Å². The molecule has 0 aliphatic carbocycles. The number of nitrogens with zero attached hydrogens (tertiary/aromatic N) is 2. The van der Waals surface area contributed by atoms with Gasteiger partial charge in [0.2, 0.25) is 11.8 Å². The quantitative estimate of drug-likeness (QED) is 0.796. The molecule has 148 valence electrons. The molecule has 1 saturated heterocycles. The van der Waals surface area contributed by atoms with Crippen molar-refractivity contribution >= 4 is 17.8 Å². The SMILES string of the molecule is CC(=O)N(CC(=O)O)C1CCCN(C(=O)CCCc2ccc(C)cc2)CC1. The normalized spacial score (nSPS) is 17.3. The standard InChI is InChI=1S/C21H30N2O4/c1-16-8-10-18(11-9-16)5-3-7-20(25)22-13-4-6-19(12-14-22)23(17(2)24)15-21(26)27/h8-11,19H,3-7,12-15H2,1-2H3,(H,26,27). The first-order chi connectivity index (χ1) is 12.9. The van der Waals surface area contributed by atoms with Gasteiger partial charge in [-0.25, -0.2) is 0 Å². The van der Waals surface area contributed by atoms with Crippen LogP contribution in [-0.4, -0.2) is 58.4 Å². The van der Waals surface area contributed by atoms with E-state index >= 15 is 0 Å². The Labute approximate surface area is 161 Å². The van der Waals surface area contributed by atoms with Gasteiger partial charge in [0, 0.05) is 32.5 Å². The zero-order valence-corrected chi connectivity index (χ0v) is 16.3. The molecule has 0 spiro atoms. The number of carbonyl (C=O) groups excluding carboxylic acids is 2. The van der Waals surface area contributed by atoms with Crippen molar-refractivity contribution in [1.29, 1.82) is 0 Å². The van der Waals surface area contributed by atoms with Gasteiger partial charge in [-0.1, -0.05) is 29.8 Å². The lowest BCUT2D eigenvalue weighted by Gasteiger charge is -2.28. The van der Waals surface area contributed by atoms with Crippen molar-refractivity contribution in [1.82, 2.24) is 9.80 Å². The lowest BCUT2D eigenvalue weighted by Crippen LogP contribution is -2.43. The van der Waals surface area contributed by atoms with Crippen LogP contribution in [0.15, 0.2) is 24.3 Å². The number of rotatable bonds is 7. The number of aliphatic carboxylic acids is 1. The maximum absolute atomic E-state index is 12.5. The van der Waals surface area contributed by atoms with Gasteiger partial charge in [-0.15, -0.1) is 0 Å². The number of benzene rings is 1. The fourth-order valence-corrected chi connectivity index (χ4v) is 3.64. The van der Waals surface area contributed by atoms with Gasteiger partial charge in [0.15, 0.2) is 0 Å². The minimum absolute atomic E-state index is 0.107. The van der Waals surface area contributed by atoms with Crippen LogP contribution >= 0.6 is 0 Å². The predicted octanol–water partition coefficient (Wildman–Crippen LogP) is 2.63. The molecular formula is C21H30N2O4. The minimum Gasteiger partial charge on any atom is -0.480 e. The number of hydrogen-bond acceptors (Lipinski definition) is 3. The van der Waals surface area contributed by atoms with Crippen LogP contribution in [0.5, 0.6) is 0 Å². The number of likely N-dealkylation sites (tertiary alicyclic amines) is 1. The van der Waals surface area contributed by atoms with Gasteiger partial charge in [-0.3, -0.25) is 14.4 Å². The Morgan fingerprint density at radius 1 is 1.15 bits per heavy atom. The minimum atomic E-state index is -1.00. The average molecular weight is 374 g/mol. The molecule has 6 nitrogen and oxygen atoms in total. The van der Waals surface area contributed by atoms with E-state index in [2.05, 4.69) is 31.2 Å². The molecule has 1 aromatic carbocycles. The first kappa shape index (κ1) is 20.9. The van der Waals surface area contributed by atoms with Crippen LogP contribution in [0, 0.1) is 6.92 Å². The van der Waals surface area contributed by atoms with Gasteiger partial charge in [-0.2, -0.15) is 0 Å². The highest BCUT2D eigenvalue weighted by atomic mass is 16.4. The molecular weight excluding hydrogens is 344 g/mol. The maximum atomic E-state index is 12.5. The molecule has 27 heavy (non-hydrogen) atoms. The molecule has 0 bridgehead atoms. The molecule has 0 aromatic heterocycles. The number of carboxylic acids is 1. The summed E-state index contributed by atoms with van der Waals surface area (Å²) >= 11 is 0. The van der Waals surface area contributed by atoms with Crippen LogP contribution in [-0.2, 0) is 20.8 Å². The van der Waals surface area contributed by atoms with E-state index in [0.717, 1.165) is 25.7 Å². The summed E-state index contributed by atoms with van der Waals surface area (Å²) in [4.78, 5) is 38.6. The third-order valence-electron chi connectivity index (χ3n) is 5.18. The van der Waals surface area contributed by atoms with E-state index < -0.39 is 5.97 Å². The number of carbonyl (C=O) groups is 3. The van der Waals surface area contributed by atoms with Crippen LogP contribution < -0.4 is 0 Å². The van der Waals surface area contributed by atoms with E-state index in [1.807, 2.05) is 4.90 Å². The Kier molecular flexibility index (Phi) is 7.82. The van der Waals surface area contributed by atoms with Gasteiger partial charge in [0.05, 0.1) is 0 Å². The van der Waals surface area contributed by atoms with Gasteiger partial charge >= 0.3 is 5.97 Å². The molecule has 1 aliphatic rings. The summed E-state index contributed by atoms with van der Waals surface area (Å²) in [7, 11) is 0. The largest absolute Gasteiger partial charge is 0.480 e. The molecule has 1 fully saturated rings. The number of hydrogen-bond donors (Lipinski definition) is 1. The average Bonchev–Trinajstić information content (AvgIpc) is 2.87. The second kappa shape index (κ2) is 10.1. The predicted molar refractivity (Wildman–Crippen MR) is 103 cm³/mol. The fraction of sp³-hybridized carbons (Fsp3) is 0.571. The van der Waals surface area contributed by atoms with Crippen LogP contribution in [0.3, 0.4) is 0 Å². The van der Waals surface area contributed by atoms with Crippen LogP contribution in [0.2, 0.25) is 0 Å². The highest BCUT2D eigenvalue weighted by molar-refractivity contribution is 5.80. The number of carboxylic acid groups (broad SMARTS) is 1. The van der Waals surface area contributed by atoms with Gasteiger partial charge in [0.1, 0.15) is 6.54 Å². The van der Waals surface area contributed by atoms with E-state index in [4.69, 9.17) is 5.11 Å². The maximum Gasteiger partial charge on any atom is 0.323 e. The van der Waals surface area contributed by atoms with Gasteiger partial charge in [-0.05, 0) is 44.6 Å². The van der Waals surface area contributed by atoms with Crippen molar-refractivity contribution in [2.24, 2.45) is 0 Å². The zero-order chi connectivity index (χ0) is 19.8. The molecule has 0 radical (unpaired) electrons. The second-order valence-corrected chi connectivity index (χ2v) is 7.35. The Bertz CT molecular complexity index is 657. The third kappa shape index (κ3) is 6.70. The first-order valence-electron chi connectivity index (χ1n) is 9.69. The van der Waals surface area contributed by atoms with E-state index in [0.29, 0.717) is 25.9 Å².